The second-order valence-electron chi connectivity index (χ2n) is 5.50. The van der Waals surface area contributed by atoms with Crippen molar-refractivity contribution < 1.29 is 4.74 Å². The third-order valence-electron chi connectivity index (χ3n) is 3.99. The van der Waals surface area contributed by atoms with Gasteiger partial charge in [0.2, 0.25) is 5.95 Å². The van der Waals surface area contributed by atoms with E-state index in [0.29, 0.717) is 16.0 Å². The van der Waals surface area contributed by atoms with Gasteiger partial charge >= 0.3 is 0 Å². The highest BCUT2D eigenvalue weighted by atomic mass is 35.5. The number of aromatic nitrogens is 4. The molecule has 25 heavy (non-hydrogen) atoms. The van der Waals surface area contributed by atoms with Crippen LogP contribution < -0.4 is 10.1 Å². The molecule has 1 aliphatic heterocycles. The Bertz CT molecular complexity index is 969. The minimum absolute atomic E-state index is 0.253. The van der Waals surface area contributed by atoms with E-state index >= 15 is 0 Å². The molecule has 1 aromatic heterocycles. The van der Waals surface area contributed by atoms with Crippen LogP contribution in [0.15, 0.2) is 48.5 Å². The average Bonchev–Trinajstić information content (AvgIpc) is 3.10. The lowest BCUT2D eigenvalue weighted by atomic mass is 10.0. The molecule has 0 radical (unpaired) electrons. The van der Waals surface area contributed by atoms with E-state index in [0.717, 1.165) is 22.6 Å². The number of methoxy groups -OCH3 is 1. The lowest BCUT2D eigenvalue weighted by molar-refractivity contribution is 0.414. The van der Waals surface area contributed by atoms with Crippen molar-refractivity contribution in [2.24, 2.45) is 0 Å². The Morgan fingerprint density at radius 3 is 2.84 bits per heavy atom. The summed E-state index contributed by atoms with van der Waals surface area (Å²) in [5, 5.41) is 16.3. The van der Waals surface area contributed by atoms with Gasteiger partial charge in [-0.1, -0.05) is 46.5 Å². The molecule has 0 bridgehead atoms. The fourth-order valence-corrected chi connectivity index (χ4v) is 3.30. The summed E-state index contributed by atoms with van der Waals surface area (Å²) in [4.78, 5) is 0. The second kappa shape index (κ2) is 6.38. The third kappa shape index (κ3) is 2.94. The Hall–Kier alpha value is -2.57. The molecule has 2 aromatic carbocycles. The monoisotopic (exact) mass is 373 g/mol. The third-order valence-corrected chi connectivity index (χ3v) is 4.55. The van der Waals surface area contributed by atoms with Crippen molar-refractivity contribution >= 4 is 34.8 Å². The Labute approximate surface area is 154 Å². The van der Waals surface area contributed by atoms with Crippen molar-refractivity contribution in [3.8, 4) is 5.75 Å². The Morgan fingerprint density at radius 2 is 2.04 bits per heavy atom. The molecule has 8 heteroatoms. The van der Waals surface area contributed by atoms with Crippen LogP contribution in [0.1, 0.15) is 17.2 Å². The lowest BCUT2D eigenvalue weighted by Gasteiger charge is -2.24. The highest BCUT2D eigenvalue weighted by Gasteiger charge is 2.26. The Balaban J connectivity index is 1.83. The molecule has 1 N–H and O–H groups in total. The number of allylic oxidation sites excluding steroid dienone is 1. The van der Waals surface area contributed by atoms with E-state index in [4.69, 9.17) is 27.9 Å². The van der Waals surface area contributed by atoms with Crippen molar-refractivity contribution in [1.29, 1.82) is 0 Å². The summed E-state index contributed by atoms with van der Waals surface area (Å²) in [7, 11) is 1.64. The van der Waals surface area contributed by atoms with Gasteiger partial charge in [-0.2, -0.15) is 4.68 Å². The Kier molecular flexibility index (Phi) is 4.07. The van der Waals surface area contributed by atoms with Gasteiger partial charge in [0.25, 0.3) is 0 Å². The summed E-state index contributed by atoms with van der Waals surface area (Å²) in [5.41, 5.74) is 2.70. The molecule has 3 aromatic rings. The summed E-state index contributed by atoms with van der Waals surface area (Å²) in [6.07, 6.45) is 2.02. The zero-order valence-corrected chi connectivity index (χ0v) is 14.7. The topological polar surface area (TPSA) is 64.9 Å². The number of nitrogens with zero attached hydrogens (tertiary/aromatic N) is 4. The van der Waals surface area contributed by atoms with Crippen LogP contribution >= 0.6 is 23.2 Å². The number of fused-ring (bicyclic) bond motifs is 1. The van der Waals surface area contributed by atoms with Crippen LogP contribution in [0, 0.1) is 0 Å². The van der Waals surface area contributed by atoms with Crippen molar-refractivity contribution in [2.45, 2.75) is 6.04 Å². The molecule has 126 valence electrons. The normalized spacial score (nSPS) is 16.0. The minimum Gasteiger partial charge on any atom is -0.497 e. The van der Waals surface area contributed by atoms with E-state index < -0.39 is 0 Å². The first kappa shape index (κ1) is 15.9. The maximum atomic E-state index is 6.40. The fourth-order valence-electron chi connectivity index (χ4n) is 2.78. The number of hydrogen-bond acceptors (Lipinski definition) is 5. The summed E-state index contributed by atoms with van der Waals surface area (Å²) in [6, 6.07) is 12.9. The first-order valence-corrected chi connectivity index (χ1v) is 8.27. The van der Waals surface area contributed by atoms with E-state index in [2.05, 4.69) is 20.8 Å². The van der Waals surface area contributed by atoms with E-state index in [1.807, 2.05) is 36.4 Å². The van der Waals surface area contributed by atoms with Crippen LogP contribution in [0.4, 0.5) is 5.95 Å². The van der Waals surface area contributed by atoms with E-state index in [1.54, 1.807) is 23.9 Å². The number of anilines is 1. The summed E-state index contributed by atoms with van der Waals surface area (Å²) < 4.78 is 6.99. The molecular formula is C17H13Cl2N5O. The van der Waals surface area contributed by atoms with Crippen LogP contribution in [0.25, 0.3) is 5.70 Å². The number of ether oxygens (including phenoxy) is 1. The zero-order valence-electron chi connectivity index (χ0n) is 13.1. The number of benzene rings is 2. The van der Waals surface area contributed by atoms with Gasteiger partial charge in [-0.15, -0.1) is 0 Å². The molecule has 0 unspecified atom stereocenters. The fraction of sp³-hybridized carbons (Fsp3) is 0.118. The van der Waals surface area contributed by atoms with Crippen LogP contribution in [-0.4, -0.2) is 27.3 Å². The molecule has 4 rings (SSSR count). The smallest absolute Gasteiger partial charge is 0.248 e. The van der Waals surface area contributed by atoms with Gasteiger partial charge in [0.05, 0.1) is 7.11 Å². The molecule has 0 aliphatic carbocycles. The van der Waals surface area contributed by atoms with Crippen LogP contribution in [-0.2, 0) is 0 Å². The molecule has 6 nitrogen and oxygen atoms in total. The van der Waals surface area contributed by atoms with Crippen molar-refractivity contribution in [3.63, 3.8) is 0 Å². The summed E-state index contributed by atoms with van der Waals surface area (Å²) in [6.45, 7) is 0. The van der Waals surface area contributed by atoms with Gasteiger partial charge in [-0.05, 0) is 46.3 Å². The van der Waals surface area contributed by atoms with Gasteiger partial charge in [0.1, 0.15) is 11.8 Å². The number of rotatable bonds is 3. The second-order valence-corrected chi connectivity index (χ2v) is 6.34. The highest BCUT2D eigenvalue weighted by Crippen LogP contribution is 2.36. The van der Waals surface area contributed by atoms with Crippen molar-refractivity contribution in [1.82, 2.24) is 20.2 Å². The quantitative estimate of drug-likeness (QED) is 0.750. The molecule has 2 heterocycles. The largest absolute Gasteiger partial charge is 0.497 e. The van der Waals surface area contributed by atoms with E-state index in [-0.39, 0.29) is 6.04 Å². The first-order chi connectivity index (χ1) is 12.2. The molecule has 0 fully saturated rings. The van der Waals surface area contributed by atoms with Gasteiger partial charge in [0, 0.05) is 21.3 Å². The number of nitrogens with one attached hydrogen (secondary N) is 1. The SMILES string of the molecule is COc1cccc(C2=C[C@H](c3ccc(Cl)cc3Cl)n3nnnc3N2)c1. The van der Waals surface area contributed by atoms with Crippen molar-refractivity contribution in [3.05, 3.63) is 69.7 Å². The molecule has 0 saturated heterocycles. The molecule has 0 spiro atoms. The van der Waals surface area contributed by atoms with Crippen LogP contribution in [0.3, 0.4) is 0 Å². The van der Waals surface area contributed by atoms with Gasteiger partial charge in [0.15, 0.2) is 0 Å². The lowest BCUT2D eigenvalue weighted by Crippen LogP contribution is -2.20. The molecule has 1 atom stereocenters. The summed E-state index contributed by atoms with van der Waals surface area (Å²) in [5.74, 6) is 1.31. The maximum Gasteiger partial charge on any atom is 0.248 e. The predicted octanol–water partition coefficient (Wildman–Crippen LogP) is 4.04. The van der Waals surface area contributed by atoms with Crippen LogP contribution in [0.5, 0.6) is 5.75 Å². The standard InChI is InChI=1S/C17H13Cl2N5O/c1-25-12-4-2-3-10(7-12)15-9-16(24-17(20-15)21-22-23-24)13-6-5-11(18)8-14(13)19/h2-9,16H,1H3,(H,20,21,23)/t16-/m1/s1. The maximum absolute atomic E-state index is 6.40. The number of tetrazole rings is 1. The number of hydrogen-bond donors (Lipinski definition) is 1. The molecule has 0 saturated carbocycles. The van der Waals surface area contributed by atoms with Crippen molar-refractivity contribution in [2.75, 3.05) is 12.4 Å². The zero-order chi connectivity index (χ0) is 17.4. The number of halogens is 2. The minimum atomic E-state index is -0.253. The first-order valence-electron chi connectivity index (χ1n) is 7.52. The molecule has 1 aliphatic rings. The highest BCUT2D eigenvalue weighted by molar-refractivity contribution is 6.35. The average molecular weight is 374 g/mol. The van der Waals surface area contributed by atoms with Gasteiger partial charge in [-0.3, -0.25) is 0 Å². The molecule has 0 amide bonds. The van der Waals surface area contributed by atoms with Gasteiger partial charge in [-0.25, -0.2) is 0 Å². The summed E-state index contributed by atoms with van der Waals surface area (Å²) >= 11 is 12.4. The van der Waals surface area contributed by atoms with E-state index in [9.17, 15) is 0 Å². The molecular weight excluding hydrogens is 361 g/mol. The van der Waals surface area contributed by atoms with Crippen LogP contribution in [0.2, 0.25) is 10.0 Å². The van der Waals surface area contributed by atoms with Gasteiger partial charge < -0.3 is 10.1 Å². The van der Waals surface area contributed by atoms with E-state index in [1.165, 1.54) is 0 Å². The predicted molar refractivity (Wildman–Crippen MR) is 97.0 cm³/mol. The Morgan fingerprint density at radius 1 is 1.16 bits per heavy atom.